The summed E-state index contributed by atoms with van der Waals surface area (Å²) in [5, 5.41) is 2.49. The Labute approximate surface area is 117 Å². The van der Waals surface area contributed by atoms with E-state index >= 15 is 0 Å². The highest BCUT2D eigenvalue weighted by Gasteiger charge is 2.24. The van der Waals surface area contributed by atoms with E-state index in [1.807, 2.05) is 6.26 Å². The minimum Gasteiger partial charge on any atom is -0.448 e. The molecule has 0 saturated heterocycles. The molecule has 0 heterocycles. The number of hydrogen-bond acceptors (Lipinski definition) is 5. The molecule has 0 aromatic rings. The fraction of sp³-hybridized carbons (Fsp3) is 0.818. The van der Waals surface area contributed by atoms with Crippen molar-refractivity contribution in [2.75, 3.05) is 18.1 Å². The monoisotopic (exact) mass is 297 g/mol. The lowest BCUT2D eigenvalue weighted by atomic mass is 10.2. The van der Waals surface area contributed by atoms with Crippen LogP contribution in [-0.2, 0) is 14.3 Å². The molecule has 0 radical (unpaired) electrons. The fourth-order valence-corrected chi connectivity index (χ4v) is 1.67. The van der Waals surface area contributed by atoms with Gasteiger partial charge in [-0.25, -0.2) is 9.59 Å². The van der Waals surface area contributed by atoms with Crippen molar-refractivity contribution in [1.29, 1.82) is 0 Å². The van der Waals surface area contributed by atoms with Crippen LogP contribution in [0, 0.1) is 0 Å². The van der Waals surface area contributed by atoms with E-state index in [4.69, 9.17) is 16.3 Å². The molecule has 5 nitrogen and oxygen atoms in total. The lowest BCUT2D eigenvalue weighted by Crippen LogP contribution is -2.44. The maximum atomic E-state index is 11.6. The van der Waals surface area contributed by atoms with Crippen LogP contribution < -0.4 is 5.32 Å². The van der Waals surface area contributed by atoms with Gasteiger partial charge in [-0.1, -0.05) is 11.6 Å². The van der Waals surface area contributed by atoms with Crippen molar-refractivity contribution in [2.45, 2.75) is 38.8 Å². The Morgan fingerprint density at radius 1 is 1.39 bits per heavy atom. The summed E-state index contributed by atoms with van der Waals surface area (Å²) in [5.74, 6) is 0.169. The zero-order valence-corrected chi connectivity index (χ0v) is 12.7. The quantitative estimate of drug-likeness (QED) is 0.602. The number of alkyl carbamates (subject to hydrolysis) is 1. The van der Waals surface area contributed by atoms with Crippen molar-refractivity contribution in [3.05, 3.63) is 0 Å². The Kier molecular flexibility index (Phi) is 8.18. The van der Waals surface area contributed by atoms with Crippen LogP contribution in [0.25, 0.3) is 0 Å². The van der Waals surface area contributed by atoms with Crippen LogP contribution >= 0.6 is 23.4 Å². The molecular formula is C11H20ClNO4S. The van der Waals surface area contributed by atoms with Gasteiger partial charge in [-0.2, -0.15) is 11.8 Å². The number of ether oxygens (including phenoxy) is 2. The first kappa shape index (κ1) is 17.4. The highest BCUT2D eigenvalue weighted by atomic mass is 35.5. The molecular weight excluding hydrogens is 278 g/mol. The summed E-state index contributed by atoms with van der Waals surface area (Å²) in [6.07, 6.45) is 1.74. The number of alkyl halides is 1. The number of hydrogen-bond donors (Lipinski definition) is 1. The van der Waals surface area contributed by atoms with Crippen LogP contribution in [0.5, 0.6) is 0 Å². The summed E-state index contributed by atoms with van der Waals surface area (Å²) in [4.78, 5) is 23.1. The maximum absolute atomic E-state index is 11.6. The van der Waals surface area contributed by atoms with Gasteiger partial charge in [-0.3, -0.25) is 0 Å². The summed E-state index contributed by atoms with van der Waals surface area (Å²) < 4.78 is 9.76. The molecule has 106 valence electrons. The molecule has 7 heteroatoms. The minimum absolute atomic E-state index is 0.232. The average Bonchev–Trinajstić information content (AvgIpc) is 2.21. The number of carbonyl (C=O) groups excluding carboxylic acids is 2. The van der Waals surface area contributed by atoms with E-state index in [-0.39, 0.29) is 6.07 Å². The Balaban J connectivity index is 4.39. The molecule has 1 unspecified atom stereocenters. The molecule has 0 aliphatic carbocycles. The lowest BCUT2D eigenvalue weighted by molar-refractivity contribution is -0.144. The summed E-state index contributed by atoms with van der Waals surface area (Å²) in [5.41, 5.74) is -0.607. The van der Waals surface area contributed by atoms with E-state index in [0.29, 0.717) is 6.42 Å². The number of carbonyl (C=O) groups is 2. The van der Waals surface area contributed by atoms with Gasteiger partial charge in [-0.15, -0.1) is 0 Å². The van der Waals surface area contributed by atoms with Gasteiger partial charge in [0.15, 0.2) is 6.07 Å². The van der Waals surface area contributed by atoms with E-state index in [1.165, 1.54) is 0 Å². The van der Waals surface area contributed by atoms with E-state index in [2.05, 4.69) is 10.1 Å². The molecule has 18 heavy (non-hydrogen) atoms. The van der Waals surface area contributed by atoms with Gasteiger partial charge in [0.1, 0.15) is 11.6 Å². The van der Waals surface area contributed by atoms with Crippen LogP contribution in [-0.4, -0.2) is 41.8 Å². The van der Waals surface area contributed by atoms with Crippen LogP contribution in [0.15, 0.2) is 0 Å². The van der Waals surface area contributed by atoms with Gasteiger partial charge < -0.3 is 14.8 Å². The Hall–Kier alpha value is -0.620. The summed E-state index contributed by atoms with van der Waals surface area (Å²) in [7, 11) is 0. The molecule has 0 fully saturated rings. The van der Waals surface area contributed by atoms with Crippen LogP contribution in [0.1, 0.15) is 27.2 Å². The molecule has 0 aliphatic heterocycles. The molecule has 0 aliphatic rings. The predicted octanol–water partition coefficient (Wildman–Crippen LogP) is 2.37. The van der Waals surface area contributed by atoms with E-state index in [1.54, 1.807) is 32.5 Å². The van der Waals surface area contributed by atoms with Crippen LogP contribution in [0.3, 0.4) is 0 Å². The fourth-order valence-electron chi connectivity index (χ4n) is 1.09. The summed E-state index contributed by atoms with van der Waals surface area (Å²) >= 11 is 6.90. The van der Waals surface area contributed by atoms with Gasteiger partial charge in [0.05, 0.1) is 0 Å². The van der Waals surface area contributed by atoms with Gasteiger partial charge in [0.2, 0.25) is 0 Å². The van der Waals surface area contributed by atoms with E-state index < -0.39 is 23.7 Å². The number of rotatable bonds is 6. The number of halogens is 1. The van der Waals surface area contributed by atoms with Crippen molar-refractivity contribution >= 4 is 35.4 Å². The average molecular weight is 298 g/mol. The first-order valence-electron chi connectivity index (χ1n) is 5.51. The van der Waals surface area contributed by atoms with Crippen molar-refractivity contribution in [1.82, 2.24) is 5.32 Å². The molecule has 0 spiro atoms. The second-order valence-corrected chi connectivity index (χ2v) is 5.76. The molecule has 1 amide bonds. The largest absolute Gasteiger partial charge is 0.448 e. The summed E-state index contributed by atoms with van der Waals surface area (Å²) in [6, 6.07) is -0.962. The number of thioether (sulfide) groups is 1. The molecule has 1 N–H and O–H groups in total. The topological polar surface area (TPSA) is 64.6 Å². The highest BCUT2D eigenvalue weighted by Crippen LogP contribution is 2.08. The zero-order chi connectivity index (χ0) is 14.2. The standard InChI is InChI=1S/C11H20ClNO4S/c1-11(2,3)17-10(15)13-8(5-6-18-4)9(14)16-7-12/h8H,5-7H2,1-4H3,(H,13,15). The number of nitrogens with one attached hydrogen (secondary N) is 1. The first-order chi connectivity index (χ1) is 8.30. The third kappa shape index (κ3) is 8.47. The van der Waals surface area contributed by atoms with Gasteiger partial charge in [0.25, 0.3) is 0 Å². The van der Waals surface area contributed by atoms with E-state index in [0.717, 1.165) is 5.75 Å². The number of esters is 1. The zero-order valence-electron chi connectivity index (χ0n) is 11.1. The molecule has 0 aromatic heterocycles. The van der Waals surface area contributed by atoms with Gasteiger partial charge in [0, 0.05) is 0 Å². The van der Waals surface area contributed by atoms with Gasteiger partial charge in [-0.05, 0) is 39.2 Å². The number of amides is 1. The second kappa shape index (κ2) is 8.48. The lowest BCUT2D eigenvalue weighted by Gasteiger charge is -2.22. The van der Waals surface area contributed by atoms with Crippen molar-refractivity contribution in [3.63, 3.8) is 0 Å². The Bertz CT molecular complexity index is 281. The second-order valence-electron chi connectivity index (χ2n) is 4.55. The molecule has 1 atom stereocenters. The smallest absolute Gasteiger partial charge is 0.408 e. The highest BCUT2D eigenvalue weighted by molar-refractivity contribution is 7.98. The Morgan fingerprint density at radius 2 is 2.00 bits per heavy atom. The first-order valence-corrected chi connectivity index (χ1v) is 7.44. The summed E-state index contributed by atoms with van der Waals surface area (Å²) in [6.45, 7) is 5.25. The molecule has 0 aromatic carbocycles. The van der Waals surface area contributed by atoms with Crippen LogP contribution in [0.4, 0.5) is 4.79 Å². The van der Waals surface area contributed by atoms with Crippen molar-refractivity contribution < 1.29 is 19.1 Å². The SMILES string of the molecule is CSCCC(NC(=O)OC(C)(C)C)C(=O)OCCl. The molecule has 0 bridgehead atoms. The normalized spacial score (nSPS) is 12.7. The third-order valence-corrected chi connectivity index (χ3v) is 2.54. The van der Waals surface area contributed by atoms with Crippen molar-refractivity contribution in [2.24, 2.45) is 0 Å². The third-order valence-electron chi connectivity index (χ3n) is 1.78. The molecule has 0 rings (SSSR count). The Morgan fingerprint density at radius 3 is 2.44 bits per heavy atom. The predicted molar refractivity (Wildman–Crippen MR) is 73.0 cm³/mol. The minimum atomic E-state index is -0.731. The maximum Gasteiger partial charge on any atom is 0.408 e. The van der Waals surface area contributed by atoms with Gasteiger partial charge >= 0.3 is 12.1 Å². The van der Waals surface area contributed by atoms with Crippen LogP contribution in [0.2, 0.25) is 0 Å². The van der Waals surface area contributed by atoms with Crippen molar-refractivity contribution in [3.8, 4) is 0 Å². The van der Waals surface area contributed by atoms with E-state index in [9.17, 15) is 9.59 Å². The molecule has 0 saturated carbocycles.